The number of aliphatic carboxylic acids is 1. The van der Waals surface area contributed by atoms with Crippen molar-refractivity contribution >= 4 is 34.6 Å². The summed E-state index contributed by atoms with van der Waals surface area (Å²) < 4.78 is 0. The molecule has 3 aromatic rings. The second-order valence-electron chi connectivity index (χ2n) is 11.7. The number of guanidine groups is 1. The summed E-state index contributed by atoms with van der Waals surface area (Å²) >= 11 is 0. The van der Waals surface area contributed by atoms with Gasteiger partial charge in [0.2, 0.25) is 0 Å². The van der Waals surface area contributed by atoms with Gasteiger partial charge in [0.05, 0.1) is 6.04 Å². The molecule has 1 aliphatic carbocycles. The van der Waals surface area contributed by atoms with Gasteiger partial charge in [0.15, 0.2) is 5.96 Å². The average Bonchev–Trinajstić information content (AvgIpc) is 3.50. The Hall–Kier alpha value is -4.00. The number of aliphatic imine (C=N–C) groups is 1. The SMILES string of the molecule is CCCCCCCCC1c2cc3ccccc3cc2C=CC1CC([N-]c1ccc[nH]1)C(=CC(=O)O)C1CCN=C(N)N1. The molecule has 7 nitrogen and oxygen atoms in total. The van der Waals surface area contributed by atoms with Gasteiger partial charge in [-0.1, -0.05) is 112 Å². The predicted octanol–water partition coefficient (Wildman–Crippen LogP) is 7.80. The van der Waals surface area contributed by atoms with Crippen LogP contribution in [0.15, 0.2) is 77.4 Å². The van der Waals surface area contributed by atoms with E-state index in [1.54, 1.807) is 0 Å². The smallest absolute Gasteiger partial charge is 0.328 e. The van der Waals surface area contributed by atoms with E-state index >= 15 is 0 Å². The molecule has 5 N–H and O–H groups in total. The van der Waals surface area contributed by atoms with Crippen molar-refractivity contribution in [1.29, 1.82) is 0 Å². The first-order valence-corrected chi connectivity index (χ1v) is 15.6. The normalized spacial score (nSPS) is 20.9. The maximum absolute atomic E-state index is 12.1. The highest BCUT2D eigenvalue weighted by Gasteiger charge is 2.31. The third-order valence-corrected chi connectivity index (χ3v) is 8.73. The highest BCUT2D eigenvalue weighted by molar-refractivity contribution is 5.87. The fourth-order valence-electron chi connectivity index (χ4n) is 6.61. The standard InChI is InChI=1S/C35H44N5O2/c1-2-3-4-5-6-7-13-28-27(16-15-26-20-24-11-8-9-12-25(24)21-29(26)28)22-32(39-33-14-10-18-37-33)30(23-34(41)42)31-17-19-38-35(36)40-31/h8-12,14-16,18,20-21,23,27-28,31-32,37H,2-7,13,17,19,22H2,1H3,(H,41,42)(H3,36,38,40)/q-1. The molecular weight excluding hydrogens is 522 g/mol. The number of nitrogens with one attached hydrogen (secondary N) is 2. The molecule has 2 aromatic carbocycles. The van der Waals surface area contributed by atoms with Gasteiger partial charge in [-0.15, -0.1) is 0 Å². The Morgan fingerprint density at radius 3 is 2.64 bits per heavy atom. The molecule has 42 heavy (non-hydrogen) atoms. The molecule has 7 heteroatoms. The summed E-state index contributed by atoms with van der Waals surface area (Å²) in [6, 6.07) is 16.6. The zero-order chi connectivity index (χ0) is 29.3. The number of allylic oxidation sites excluding steroid dienone is 1. The molecule has 1 aliphatic heterocycles. The average molecular weight is 567 g/mol. The number of carboxylic acid groups (broad SMARTS) is 1. The number of nitrogens with zero attached hydrogens (tertiary/aromatic N) is 2. The largest absolute Gasteiger partial charge is 0.478 e. The van der Waals surface area contributed by atoms with Gasteiger partial charge in [-0.2, -0.15) is 0 Å². The summed E-state index contributed by atoms with van der Waals surface area (Å²) in [5.74, 6) is 0.663. The maximum Gasteiger partial charge on any atom is 0.328 e. The van der Waals surface area contributed by atoms with Crippen LogP contribution in [0.25, 0.3) is 22.2 Å². The van der Waals surface area contributed by atoms with Crippen molar-refractivity contribution in [2.45, 2.75) is 82.7 Å². The van der Waals surface area contributed by atoms with Crippen molar-refractivity contribution in [2.24, 2.45) is 16.6 Å². The summed E-state index contributed by atoms with van der Waals surface area (Å²) in [6.07, 6.45) is 17.8. The van der Waals surface area contributed by atoms with Crippen LogP contribution in [-0.4, -0.2) is 40.6 Å². The van der Waals surface area contributed by atoms with Gasteiger partial charge in [-0.25, -0.2) is 4.79 Å². The van der Waals surface area contributed by atoms with E-state index in [-0.39, 0.29) is 18.0 Å². The highest BCUT2D eigenvalue weighted by Crippen LogP contribution is 2.44. The van der Waals surface area contributed by atoms with E-state index in [1.807, 2.05) is 18.3 Å². The minimum Gasteiger partial charge on any atom is -0.478 e. The Kier molecular flexibility index (Phi) is 10.0. The fourth-order valence-corrected chi connectivity index (χ4v) is 6.61. The van der Waals surface area contributed by atoms with Crippen molar-refractivity contribution in [1.82, 2.24) is 10.3 Å². The van der Waals surface area contributed by atoms with E-state index in [0.29, 0.717) is 31.3 Å². The minimum atomic E-state index is -0.973. The Morgan fingerprint density at radius 1 is 1.12 bits per heavy atom. The van der Waals surface area contributed by atoms with Crippen molar-refractivity contribution in [3.05, 3.63) is 88.9 Å². The second kappa shape index (κ2) is 14.3. The van der Waals surface area contributed by atoms with Gasteiger partial charge in [-0.3, -0.25) is 4.99 Å². The number of benzene rings is 2. The number of H-pyrrole nitrogens is 1. The van der Waals surface area contributed by atoms with Crippen molar-refractivity contribution in [2.75, 3.05) is 6.54 Å². The van der Waals surface area contributed by atoms with Crippen LogP contribution in [0.5, 0.6) is 0 Å². The Labute approximate surface area is 249 Å². The summed E-state index contributed by atoms with van der Waals surface area (Å²) in [4.78, 5) is 19.6. The lowest BCUT2D eigenvalue weighted by atomic mass is 9.72. The molecule has 0 saturated heterocycles. The number of nitrogens with two attached hydrogens (primary N) is 1. The fraction of sp³-hybridized carbons (Fsp3) is 0.429. The zero-order valence-electron chi connectivity index (χ0n) is 24.6. The van der Waals surface area contributed by atoms with Crippen LogP contribution < -0.4 is 11.1 Å². The van der Waals surface area contributed by atoms with E-state index < -0.39 is 5.97 Å². The van der Waals surface area contributed by atoms with E-state index in [0.717, 1.165) is 17.8 Å². The maximum atomic E-state index is 12.1. The van der Waals surface area contributed by atoms with Gasteiger partial charge >= 0.3 is 5.97 Å². The number of aromatic nitrogens is 1. The van der Waals surface area contributed by atoms with Crippen molar-refractivity contribution < 1.29 is 9.90 Å². The number of rotatable bonds is 14. The molecule has 0 fully saturated rings. The molecule has 1 aromatic heterocycles. The molecule has 5 rings (SSSR count). The number of hydrogen-bond donors (Lipinski definition) is 4. The molecule has 0 amide bonds. The van der Waals surface area contributed by atoms with Crippen molar-refractivity contribution in [3.63, 3.8) is 0 Å². The van der Waals surface area contributed by atoms with Gasteiger partial charge in [0.1, 0.15) is 0 Å². The van der Waals surface area contributed by atoms with Crippen LogP contribution in [0.3, 0.4) is 0 Å². The molecule has 2 heterocycles. The Balaban J connectivity index is 1.46. The zero-order valence-corrected chi connectivity index (χ0v) is 24.6. The third-order valence-electron chi connectivity index (χ3n) is 8.73. The molecule has 0 spiro atoms. The minimum absolute atomic E-state index is 0.213. The van der Waals surface area contributed by atoms with E-state index in [9.17, 15) is 9.90 Å². The molecule has 222 valence electrons. The lowest BCUT2D eigenvalue weighted by Crippen LogP contribution is -2.47. The van der Waals surface area contributed by atoms with Crippen LogP contribution >= 0.6 is 0 Å². The van der Waals surface area contributed by atoms with Crippen LogP contribution in [0.2, 0.25) is 0 Å². The van der Waals surface area contributed by atoms with Crippen LogP contribution in [-0.2, 0) is 4.79 Å². The quantitative estimate of drug-likeness (QED) is 0.118. The number of unbranched alkanes of at least 4 members (excludes halogenated alkanes) is 5. The summed E-state index contributed by atoms with van der Waals surface area (Å²) in [7, 11) is 0. The van der Waals surface area contributed by atoms with Crippen LogP contribution in [0.4, 0.5) is 5.82 Å². The van der Waals surface area contributed by atoms with Crippen LogP contribution in [0, 0.1) is 5.92 Å². The number of hydrogen-bond acceptors (Lipinski definition) is 4. The highest BCUT2D eigenvalue weighted by atomic mass is 16.4. The summed E-state index contributed by atoms with van der Waals surface area (Å²) in [6.45, 7) is 2.81. The first-order valence-electron chi connectivity index (χ1n) is 15.6. The topological polar surface area (TPSA) is 118 Å². The Morgan fingerprint density at radius 2 is 1.90 bits per heavy atom. The number of carboxylic acids is 1. The molecule has 2 aliphatic rings. The van der Waals surface area contributed by atoms with Gasteiger partial charge in [0, 0.05) is 12.6 Å². The third kappa shape index (κ3) is 7.44. The molecular formula is C35H44N5O2-. The predicted molar refractivity (Wildman–Crippen MR) is 173 cm³/mol. The number of fused-ring (bicyclic) bond motifs is 2. The number of carbonyl (C=O) groups is 1. The summed E-state index contributed by atoms with van der Waals surface area (Å²) in [5, 5.41) is 20.8. The van der Waals surface area contributed by atoms with Gasteiger partial charge in [0.25, 0.3) is 0 Å². The van der Waals surface area contributed by atoms with E-state index in [2.05, 4.69) is 70.8 Å². The monoisotopic (exact) mass is 566 g/mol. The first kappa shape index (κ1) is 29.5. The molecule has 0 radical (unpaired) electrons. The second-order valence-corrected chi connectivity index (χ2v) is 11.7. The van der Waals surface area contributed by atoms with Gasteiger partial charge in [-0.05, 0) is 70.7 Å². The van der Waals surface area contributed by atoms with Crippen molar-refractivity contribution in [3.8, 4) is 0 Å². The lowest BCUT2D eigenvalue weighted by Gasteiger charge is -2.39. The molecule has 4 atom stereocenters. The van der Waals surface area contributed by atoms with Gasteiger partial charge < -0.3 is 26.5 Å². The van der Waals surface area contributed by atoms with E-state index in [4.69, 9.17) is 11.1 Å². The first-order chi connectivity index (χ1) is 20.5. The molecule has 4 unspecified atom stereocenters. The lowest BCUT2D eigenvalue weighted by molar-refractivity contribution is -0.131. The Bertz CT molecular complexity index is 1420. The molecule has 0 bridgehead atoms. The summed E-state index contributed by atoms with van der Waals surface area (Å²) in [5.41, 5.74) is 9.47. The van der Waals surface area contributed by atoms with E-state index in [1.165, 1.54) is 66.5 Å². The molecule has 0 saturated carbocycles. The van der Waals surface area contributed by atoms with Crippen LogP contribution in [0.1, 0.15) is 81.8 Å². The number of aromatic amines is 1.